The monoisotopic (exact) mass is 375 g/mol. The average Bonchev–Trinajstić information content (AvgIpc) is 2.96. The Morgan fingerprint density at radius 1 is 1.11 bits per heavy atom. The van der Waals surface area contributed by atoms with Crippen LogP contribution in [-0.4, -0.2) is 24.8 Å². The van der Waals surface area contributed by atoms with E-state index in [1.54, 1.807) is 18.2 Å². The molecule has 0 aromatic heterocycles. The quantitative estimate of drug-likeness (QED) is 0.712. The van der Waals surface area contributed by atoms with Crippen LogP contribution in [0.3, 0.4) is 0 Å². The highest BCUT2D eigenvalue weighted by Crippen LogP contribution is 2.31. The fourth-order valence-electron chi connectivity index (χ4n) is 2.82. The minimum absolute atomic E-state index is 0.0593. The molecule has 142 valence electrons. The van der Waals surface area contributed by atoms with Crippen molar-refractivity contribution in [2.24, 2.45) is 5.10 Å². The zero-order valence-corrected chi connectivity index (χ0v) is 16.1. The fourth-order valence-corrected chi connectivity index (χ4v) is 2.82. The second-order valence-electron chi connectivity index (χ2n) is 6.28. The van der Waals surface area contributed by atoms with Crippen molar-refractivity contribution < 1.29 is 14.3 Å². The van der Waals surface area contributed by atoms with Crippen LogP contribution < -0.4 is 14.5 Å². The van der Waals surface area contributed by atoms with Crippen molar-refractivity contribution in [1.82, 2.24) is 0 Å². The van der Waals surface area contributed by atoms with Crippen molar-refractivity contribution >= 4 is 23.4 Å². The summed E-state index contributed by atoms with van der Waals surface area (Å²) in [6.07, 6.45) is 1.78. The van der Waals surface area contributed by atoms with Gasteiger partial charge in [-0.2, -0.15) is 15.4 Å². The molecule has 2 aromatic rings. The molecule has 0 saturated carbocycles. The number of benzene rings is 2. The Balaban J connectivity index is 1.89. The number of anilines is 1. The minimum atomic E-state index is -0.177. The molecular weight excluding hydrogens is 354 g/mol. The number of carbonyl (C=O) groups excluding carboxylic acids is 1. The lowest BCUT2D eigenvalue weighted by Crippen LogP contribution is -2.21. The second-order valence-corrected chi connectivity index (χ2v) is 6.28. The Bertz CT molecular complexity index is 985. The van der Waals surface area contributed by atoms with Gasteiger partial charge in [0.1, 0.15) is 6.07 Å². The van der Waals surface area contributed by atoms with Gasteiger partial charge >= 0.3 is 0 Å². The molecule has 2 aromatic carbocycles. The summed E-state index contributed by atoms with van der Waals surface area (Å²) in [7, 11) is 0. The first kappa shape index (κ1) is 19.2. The summed E-state index contributed by atoms with van der Waals surface area (Å²) in [5.74, 6) is 0.849. The van der Waals surface area contributed by atoms with Gasteiger partial charge in [0.15, 0.2) is 18.1 Å². The molecule has 6 heteroatoms. The molecule has 1 amide bonds. The van der Waals surface area contributed by atoms with Crippen LogP contribution in [0.2, 0.25) is 0 Å². The Morgan fingerprint density at radius 3 is 2.54 bits per heavy atom. The van der Waals surface area contributed by atoms with E-state index in [0.717, 1.165) is 16.8 Å². The number of nitriles is 1. The third-order valence-corrected chi connectivity index (χ3v) is 4.21. The summed E-state index contributed by atoms with van der Waals surface area (Å²) in [5.41, 5.74) is 3.81. The SMILES string of the molecule is CCOc1cc(/C=C2/C(=O)N(c3ccc(C)cc3)N=C2C)ccc1OCC#N. The predicted octanol–water partition coefficient (Wildman–Crippen LogP) is 4.10. The van der Waals surface area contributed by atoms with Crippen molar-refractivity contribution in [3.8, 4) is 17.6 Å². The first-order valence-electron chi connectivity index (χ1n) is 8.98. The number of nitrogens with zero attached hydrogens (tertiary/aromatic N) is 3. The molecule has 0 N–H and O–H groups in total. The molecule has 0 radical (unpaired) electrons. The topological polar surface area (TPSA) is 74.9 Å². The van der Waals surface area contributed by atoms with Crippen LogP contribution in [0.4, 0.5) is 5.69 Å². The fraction of sp³-hybridized carbons (Fsp3) is 0.227. The number of amides is 1. The van der Waals surface area contributed by atoms with Gasteiger partial charge in [-0.3, -0.25) is 4.79 Å². The molecule has 1 heterocycles. The Kier molecular flexibility index (Phi) is 5.75. The highest BCUT2D eigenvalue weighted by Gasteiger charge is 2.28. The summed E-state index contributed by atoms with van der Waals surface area (Å²) >= 11 is 0. The van der Waals surface area contributed by atoms with Crippen molar-refractivity contribution in [3.63, 3.8) is 0 Å². The molecule has 6 nitrogen and oxygen atoms in total. The molecule has 1 aliphatic rings. The van der Waals surface area contributed by atoms with E-state index >= 15 is 0 Å². The van der Waals surface area contributed by atoms with Gasteiger partial charge in [0, 0.05) is 0 Å². The normalized spacial score (nSPS) is 14.8. The highest BCUT2D eigenvalue weighted by molar-refractivity contribution is 6.32. The van der Waals surface area contributed by atoms with Crippen molar-refractivity contribution in [3.05, 3.63) is 59.2 Å². The zero-order valence-electron chi connectivity index (χ0n) is 16.1. The molecule has 0 aliphatic carbocycles. The number of aryl methyl sites for hydroxylation is 1. The first-order chi connectivity index (χ1) is 13.5. The second kappa shape index (κ2) is 8.40. The molecule has 0 fully saturated rings. The van der Waals surface area contributed by atoms with Crippen LogP contribution in [-0.2, 0) is 4.79 Å². The van der Waals surface area contributed by atoms with Crippen molar-refractivity contribution in [2.45, 2.75) is 20.8 Å². The number of hydrogen-bond acceptors (Lipinski definition) is 5. The van der Waals surface area contributed by atoms with Gasteiger partial charge in [-0.25, -0.2) is 0 Å². The van der Waals surface area contributed by atoms with Gasteiger partial charge in [0.25, 0.3) is 5.91 Å². The number of hydrogen-bond donors (Lipinski definition) is 0. The molecule has 1 aliphatic heterocycles. The Hall–Kier alpha value is -3.59. The lowest BCUT2D eigenvalue weighted by molar-refractivity contribution is -0.114. The van der Waals surface area contributed by atoms with E-state index in [1.165, 1.54) is 5.01 Å². The number of ether oxygens (including phenoxy) is 2. The first-order valence-corrected chi connectivity index (χ1v) is 8.98. The van der Waals surface area contributed by atoms with E-state index in [9.17, 15) is 4.79 Å². The van der Waals surface area contributed by atoms with E-state index in [2.05, 4.69) is 5.10 Å². The zero-order chi connectivity index (χ0) is 20.1. The van der Waals surface area contributed by atoms with Crippen LogP contribution in [0, 0.1) is 18.3 Å². The number of hydrazone groups is 1. The highest BCUT2D eigenvalue weighted by atomic mass is 16.5. The molecule has 0 saturated heterocycles. The van der Waals surface area contributed by atoms with E-state index in [1.807, 2.05) is 57.2 Å². The Labute approximate surface area is 164 Å². The summed E-state index contributed by atoms with van der Waals surface area (Å²) in [4.78, 5) is 12.9. The van der Waals surface area contributed by atoms with Crippen LogP contribution >= 0.6 is 0 Å². The summed E-state index contributed by atoms with van der Waals surface area (Å²) in [5, 5.41) is 14.5. The van der Waals surface area contributed by atoms with Gasteiger partial charge in [-0.05, 0) is 56.7 Å². The third kappa shape index (κ3) is 4.04. The minimum Gasteiger partial charge on any atom is -0.490 e. The van der Waals surface area contributed by atoms with E-state index in [-0.39, 0.29) is 12.5 Å². The third-order valence-electron chi connectivity index (χ3n) is 4.21. The van der Waals surface area contributed by atoms with E-state index in [4.69, 9.17) is 14.7 Å². The molecule has 0 spiro atoms. The maximum atomic E-state index is 12.9. The standard InChI is InChI=1S/C22H21N3O3/c1-4-27-21-14-17(7-10-20(21)28-12-11-23)13-19-16(3)24-25(22(19)26)18-8-5-15(2)6-9-18/h5-10,13-14H,4,12H2,1-3H3/b19-13+. The lowest BCUT2D eigenvalue weighted by Gasteiger charge is -2.12. The molecule has 0 unspecified atom stereocenters. The summed E-state index contributed by atoms with van der Waals surface area (Å²) in [6.45, 7) is 6.08. The van der Waals surface area contributed by atoms with Crippen LogP contribution in [0.5, 0.6) is 11.5 Å². The smallest absolute Gasteiger partial charge is 0.280 e. The van der Waals surface area contributed by atoms with Crippen LogP contribution in [0.1, 0.15) is 25.0 Å². The summed E-state index contributed by atoms with van der Waals surface area (Å²) < 4.78 is 11.0. The van der Waals surface area contributed by atoms with Crippen LogP contribution in [0.15, 0.2) is 53.1 Å². The van der Waals surface area contributed by atoms with Gasteiger partial charge in [0.2, 0.25) is 0 Å². The molecule has 28 heavy (non-hydrogen) atoms. The van der Waals surface area contributed by atoms with E-state index in [0.29, 0.717) is 29.4 Å². The molecular formula is C22H21N3O3. The predicted molar refractivity (Wildman–Crippen MR) is 108 cm³/mol. The average molecular weight is 375 g/mol. The van der Waals surface area contributed by atoms with Crippen LogP contribution in [0.25, 0.3) is 6.08 Å². The van der Waals surface area contributed by atoms with Crippen molar-refractivity contribution in [1.29, 1.82) is 5.26 Å². The lowest BCUT2D eigenvalue weighted by atomic mass is 10.1. The Morgan fingerprint density at radius 2 is 1.86 bits per heavy atom. The maximum Gasteiger partial charge on any atom is 0.280 e. The van der Waals surface area contributed by atoms with E-state index < -0.39 is 0 Å². The maximum absolute atomic E-state index is 12.9. The molecule has 3 rings (SSSR count). The van der Waals surface area contributed by atoms with Gasteiger partial charge < -0.3 is 9.47 Å². The van der Waals surface area contributed by atoms with Gasteiger partial charge in [-0.15, -0.1) is 0 Å². The molecule has 0 atom stereocenters. The summed E-state index contributed by atoms with van der Waals surface area (Å²) in [6, 6.07) is 14.9. The van der Waals surface area contributed by atoms with Gasteiger partial charge in [-0.1, -0.05) is 23.8 Å². The van der Waals surface area contributed by atoms with Crippen molar-refractivity contribution in [2.75, 3.05) is 18.2 Å². The molecule has 0 bridgehead atoms. The number of carbonyl (C=O) groups is 1. The number of rotatable bonds is 6. The van der Waals surface area contributed by atoms with Gasteiger partial charge in [0.05, 0.1) is 23.6 Å². The largest absolute Gasteiger partial charge is 0.490 e.